The number of nitrogens with zero attached hydrogens (tertiary/aromatic N) is 5. The third kappa shape index (κ3) is 5.39. The van der Waals surface area contributed by atoms with Crippen LogP contribution in [0.1, 0.15) is 12.6 Å². The molecule has 5 heterocycles. The molecule has 0 unspecified atom stereocenters. The molecular weight excluding hydrogens is 577 g/mol. The van der Waals surface area contributed by atoms with Gasteiger partial charge in [-0.15, -0.1) is 23.1 Å². The minimum Gasteiger partial charge on any atom is -0.543 e. The number of hydrogen-bond donors (Lipinski definition) is 3. The van der Waals surface area contributed by atoms with Crippen LogP contribution < -0.4 is 26.5 Å². The predicted molar refractivity (Wildman–Crippen MR) is 149 cm³/mol. The normalized spacial score (nSPS) is 19.0. The van der Waals surface area contributed by atoms with Gasteiger partial charge in [0.25, 0.3) is 11.8 Å². The number of β-lactam (4-membered cyclic amide) rings is 1. The second-order valence-electron chi connectivity index (χ2n) is 8.73. The molecule has 16 heteroatoms. The number of rotatable bonds is 11. The zero-order valence-corrected chi connectivity index (χ0v) is 23.8. The maximum absolute atomic E-state index is 13.1. The molecule has 5 N–H and O–H groups in total. The van der Waals surface area contributed by atoms with Crippen molar-refractivity contribution in [3.63, 3.8) is 0 Å². The number of hydrogen-bond acceptors (Lipinski definition) is 12. The number of aromatic nitrogens is 3. The fraction of sp³-hybridized carbons (Fsp3) is 0.333. The summed E-state index contributed by atoms with van der Waals surface area (Å²) in [7, 11) is 0. The van der Waals surface area contributed by atoms with Gasteiger partial charge < -0.3 is 36.1 Å². The van der Waals surface area contributed by atoms with Gasteiger partial charge in [-0.05, 0) is 12.5 Å². The highest BCUT2D eigenvalue weighted by Gasteiger charge is 2.53. The van der Waals surface area contributed by atoms with Gasteiger partial charge in [0.05, 0.1) is 24.1 Å². The van der Waals surface area contributed by atoms with Gasteiger partial charge in [0.15, 0.2) is 17.0 Å². The number of carbonyl (C=O) groups is 3. The molecule has 0 bridgehead atoms. The number of fused-ring (bicyclic) bond motifs is 2. The van der Waals surface area contributed by atoms with E-state index in [9.17, 15) is 19.5 Å². The minimum atomic E-state index is -1.44. The van der Waals surface area contributed by atoms with Crippen LogP contribution in [0.4, 0.5) is 5.13 Å². The van der Waals surface area contributed by atoms with E-state index in [-0.39, 0.29) is 35.4 Å². The summed E-state index contributed by atoms with van der Waals surface area (Å²) in [6, 6.07) is 3.03. The van der Waals surface area contributed by atoms with E-state index in [2.05, 4.69) is 15.5 Å². The third-order valence-electron chi connectivity index (χ3n) is 6.15. The number of thiazole rings is 1. The first-order valence-corrected chi connectivity index (χ1v) is 15.2. The van der Waals surface area contributed by atoms with Crippen LogP contribution in [-0.2, 0) is 25.8 Å². The topological polar surface area (TPSA) is 185 Å². The first-order valence-electron chi connectivity index (χ1n) is 12.3. The number of aliphatic carboxylic acids is 1. The maximum atomic E-state index is 13.1. The van der Waals surface area contributed by atoms with Crippen molar-refractivity contribution in [1.82, 2.24) is 19.8 Å². The van der Waals surface area contributed by atoms with Gasteiger partial charge in [-0.25, -0.2) is 4.98 Å². The van der Waals surface area contributed by atoms with Crippen molar-refractivity contribution in [3.05, 3.63) is 53.1 Å². The molecule has 40 heavy (non-hydrogen) atoms. The molecule has 2 atom stereocenters. The highest BCUT2D eigenvalue weighted by Crippen LogP contribution is 2.40. The van der Waals surface area contributed by atoms with Crippen molar-refractivity contribution in [2.24, 2.45) is 10.9 Å². The van der Waals surface area contributed by atoms with Crippen LogP contribution in [0.25, 0.3) is 5.69 Å². The Morgan fingerprint density at radius 2 is 2.23 bits per heavy atom. The summed E-state index contributed by atoms with van der Waals surface area (Å²) >= 11 is 4.15. The van der Waals surface area contributed by atoms with E-state index in [1.54, 1.807) is 24.1 Å². The lowest BCUT2D eigenvalue weighted by atomic mass is 10.0. The first kappa shape index (κ1) is 27.9. The van der Waals surface area contributed by atoms with E-state index in [4.69, 9.17) is 16.3 Å². The summed E-state index contributed by atoms with van der Waals surface area (Å²) in [5.41, 5.74) is 12.7. The highest BCUT2D eigenvalue weighted by atomic mass is 32.2. The number of carboxylic acids is 1. The number of anilines is 1. The fourth-order valence-electron chi connectivity index (χ4n) is 4.41. The highest BCUT2D eigenvalue weighted by molar-refractivity contribution is 8.00. The second kappa shape index (κ2) is 11.9. The largest absolute Gasteiger partial charge is 0.543 e. The number of nitrogen functional groups attached to an aromatic ring is 1. The van der Waals surface area contributed by atoms with Crippen molar-refractivity contribution < 1.29 is 28.9 Å². The zero-order chi connectivity index (χ0) is 28.4. The number of nitrogens with one attached hydrogen (secondary N) is 1. The average molecular weight is 603 g/mol. The maximum Gasteiger partial charge on any atom is 0.276 e. The lowest BCUT2D eigenvalue weighted by Gasteiger charge is -2.50. The molecule has 0 aliphatic carbocycles. The lowest BCUT2D eigenvalue weighted by Crippen LogP contribution is -2.71. The molecule has 13 nitrogen and oxygen atoms in total. The quantitative estimate of drug-likeness (QED) is 0.0820. The van der Waals surface area contributed by atoms with Crippen LogP contribution >= 0.6 is 34.9 Å². The number of carboxylic acid groups (broad SMARTS) is 1. The van der Waals surface area contributed by atoms with E-state index >= 15 is 0 Å². The van der Waals surface area contributed by atoms with Crippen LogP contribution in [0.15, 0.2) is 57.6 Å². The van der Waals surface area contributed by atoms with E-state index < -0.39 is 29.2 Å². The molecule has 1 fully saturated rings. The van der Waals surface area contributed by atoms with E-state index in [0.29, 0.717) is 17.9 Å². The molecule has 0 aromatic carbocycles. The Morgan fingerprint density at radius 1 is 1.40 bits per heavy atom. The molecule has 0 spiro atoms. The monoisotopic (exact) mass is 602 g/mol. The van der Waals surface area contributed by atoms with Gasteiger partial charge >= 0.3 is 0 Å². The van der Waals surface area contributed by atoms with Gasteiger partial charge in [0.1, 0.15) is 23.7 Å². The van der Waals surface area contributed by atoms with Crippen LogP contribution in [0.3, 0.4) is 0 Å². The number of nitrogens with two attached hydrogens (primary N) is 2. The number of thioether (sulfide) groups is 2. The molecule has 2 amide bonds. The van der Waals surface area contributed by atoms with E-state index in [0.717, 1.165) is 27.8 Å². The van der Waals surface area contributed by atoms with Crippen molar-refractivity contribution in [1.29, 1.82) is 0 Å². The summed E-state index contributed by atoms with van der Waals surface area (Å²) in [6.07, 6.45) is 5.67. The number of carbonyl (C=O) groups excluding carboxylic acids is 3. The van der Waals surface area contributed by atoms with Crippen LogP contribution in [0.2, 0.25) is 0 Å². The molecule has 1 saturated heterocycles. The van der Waals surface area contributed by atoms with Crippen molar-refractivity contribution >= 4 is 63.5 Å². The van der Waals surface area contributed by atoms with Crippen molar-refractivity contribution in [3.8, 4) is 5.69 Å². The Morgan fingerprint density at radius 3 is 2.92 bits per heavy atom. The van der Waals surface area contributed by atoms with Gasteiger partial charge in [-0.1, -0.05) is 16.9 Å². The number of amides is 2. The van der Waals surface area contributed by atoms with Crippen LogP contribution in [0.5, 0.6) is 0 Å². The Kier molecular flexibility index (Phi) is 8.30. The Labute approximate surface area is 241 Å². The average Bonchev–Trinajstić information content (AvgIpc) is 3.55. The summed E-state index contributed by atoms with van der Waals surface area (Å²) in [6.45, 7) is 2.76. The minimum absolute atomic E-state index is 0.125. The smallest absolute Gasteiger partial charge is 0.276 e. The third-order valence-corrected chi connectivity index (χ3v) is 9.23. The predicted octanol–water partition coefficient (Wildman–Crippen LogP) is -0.863. The number of oxime groups is 1. The van der Waals surface area contributed by atoms with Gasteiger partial charge in [0.2, 0.25) is 10.7 Å². The van der Waals surface area contributed by atoms with Gasteiger partial charge in [0, 0.05) is 42.1 Å². The summed E-state index contributed by atoms with van der Waals surface area (Å²) in [5, 5.41) is 21.0. The molecule has 210 valence electrons. The lowest BCUT2D eigenvalue weighted by molar-refractivity contribution is -0.633. The molecule has 4 aliphatic rings. The fourth-order valence-corrected chi connectivity index (χ4v) is 7.09. The van der Waals surface area contributed by atoms with Gasteiger partial charge in [-0.3, -0.25) is 14.5 Å². The van der Waals surface area contributed by atoms with Crippen molar-refractivity contribution in [2.45, 2.75) is 29.9 Å². The molecular formula is C24H26N8O5S3. The molecule has 0 saturated carbocycles. The summed E-state index contributed by atoms with van der Waals surface area (Å²) in [4.78, 5) is 48.7. The standard InChI is InChI=1S/C24H26N8O5S3/c1-2-37-29-17(15-12-40-24(26)27-15)20(33)28-18-21(34)32-19(23(35)36)13(11-39-22(18)32)9-30-6-7-31-14(10-30)3-4-16(31)38-8-5-25/h3-4,6-7,10,12,18,22H,2,5,8-9,11,25H2,1H3,(H3-,26,27,28,33,35,36)/b29-17-/t18-,22+/m1/s1. The zero-order valence-electron chi connectivity index (χ0n) is 21.3. The molecule has 4 aliphatic heterocycles. The van der Waals surface area contributed by atoms with Crippen molar-refractivity contribution in [2.75, 3.05) is 30.4 Å². The SMILES string of the molecule is CCO/N=C(\C(=O)N[C@@H]1C(=O)N2C(C(=O)[O-])=C(Cn3cc[n+]4c(SCCN)ccc-4c3)CS[C@@H]12)c1csc(N)n1. The van der Waals surface area contributed by atoms with Crippen LogP contribution in [0, 0.1) is 0 Å². The molecule has 1 aromatic heterocycles. The van der Waals surface area contributed by atoms with Gasteiger partial charge in [-0.2, -0.15) is 4.57 Å². The van der Waals surface area contributed by atoms with E-state index in [1.165, 1.54) is 16.7 Å². The van der Waals surface area contributed by atoms with E-state index in [1.807, 2.05) is 39.9 Å². The summed E-state index contributed by atoms with van der Waals surface area (Å²) < 4.78 is 3.90. The molecule has 0 radical (unpaired) electrons. The molecule has 5 rings (SSSR count). The van der Waals surface area contributed by atoms with Crippen LogP contribution in [-0.4, -0.2) is 74.0 Å². The second-order valence-corrected chi connectivity index (χ2v) is 11.8. The Hall–Kier alpha value is -3.60. The molecule has 1 aromatic rings. The Bertz CT molecular complexity index is 1480. The summed E-state index contributed by atoms with van der Waals surface area (Å²) in [5.74, 6) is -1.54. The Balaban J connectivity index is 1.33. The first-order chi connectivity index (χ1) is 19.3.